The molecule has 1 atom stereocenters. The molecular formula is C11H16O2. The maximum Gasteiger partial charge on any atom is 0.161 e. The van der Waals surface area contributed by atoms with E-state index < -0.39 is 0 Å². The Balaban J connectivity index is 2.81. The fraction of sp³-hybridized carbons (Fsp3) is 0.636. The molecule has 1 aliphatic rings. The molecule has 1 aliphatic carbocycles. The summed E-state index contributed by atoms with van der Waals surface area (Å²) < 4.78 is 0. The zero-order chi connectivity index (χ0) is 10.1. The van der Waals surface area contributed by atoms with Gasteiger partial charge in [-0.1, -0.05) is 19.9 Å². The quantitative estimate of drug-likeness (QED) is 0.652. The fourth-order valence-corrected chi connectivity index (χ4v) is 1.74. The molecule has 0 radical (unpaired) electrons. The van der Waals surface area contributed by atoms with E-state index >= 15 is 0 Å². The molecule has 0 aromatic rings. The van der Waals surface area contributed by atoms with Crippen LogP contribution in [0.4, 0.5) is 0 Å². The molecule has 0 fully saturated rings. The van der Waals surface area contributed by atoms with Gasteiger partial charge < -0.3 is 4.79 Å². The number of ketones is 2. The van der Waals surface area contributed by atoms with Gasteiger partial charge in [-0.15, -0.1) is 0 Å². The van der Waals surface area contributed by atoms with Crippen LogP contribution in [0.5, 0.6) is 0 Å². The van der Waals surface area contributed by atoms with Gasteiger partial charge in [0, 0.05) is 11.8 Å². The second kappa shape index (κ2) is 3.44. The Morgan fingerprint density at radius 1 is 1.62 bits per heavy atom. The van der Waals surface area contributed by atoms with Crippen LogP contribution in [0.2, 0.25) is 0 Å². The first-order valence-corrected chi connectivity index (χ1v) is 4.65. The van der Waals surface area contributed by atoms with Crippen molar-refractivity contribution in [3.63, 3.8) is 0 Å². The van der Waals surface area contributed by atoms with Crippen LogP contribution in [0.3, 0.4) is 0 Å². The van der Waals surface area contributed by atoms with Crippen molar-refractivity contribution in [2.24, 2.45) is 11.3 Å². The van der Waals surface area contributed by atoms with E-state index in [9.17, 15) is 9.59 Å². The number of carbonyl (C=O) groups excluding carboxylic acids is 2. The van der Waals surface area contributed by atoms with E-state index in [2.05, 4.69) is 0 Å². The lowest BCUT2D eigenvalue weighted by Crippen LogP contribution is -2.35. The summed E-state index contributed by atoms with van der Waals surface area (Å²) in [6.45, 7) is 5.43. The summed E-state index contributed by atoms with van der Waals surface area (Å²) >= 11 is 0. The van der Waals surface area contributed by atoms with Crippen molar-refractivity contribution < 1.29 is 9.59 Å². The molecule has 0 heterocycles. The molecule has 0 amide bonds. The Kier molecular flexibility index (Phi) is 2.69. The molecule has 0 unspecified atom stereocenters. The third-order valence-corrected chi connectivity index (χ3v) is 2.88. The fourth-order valence-electron chi connectivity index (χ4n) is 1.74. The number of carbonyl (C=O) groups is 2. The lowest BCUT2D eigenvalue weighted by atomic mass is 9.69. The number of allylic oxidation sites excluding steroid dienone is 2. The van der Waals surface area contributed by atoms with Crippen LogP contribution in [-0.2, 0) is 9.59 Å². The molecule has 0 bridgehead atoms. The predicted molar refractivity (Wildman–Crippen MR) is 51.3 cm³/mol. The van der Waals surface area contributed by atoms with Crippen molar-refractivity contribution in [2.45, 2.75) is 33.6 Å². The van der Waals surface area contributed by atoms with E-state index in [1.165, 1.54) is 0 Å². The molecule has 1 rings (SSSR count). The topological polar surface area (TPSA) is 34.1 Å². The predicted octanol–water partition coefficient (Wildman–Crippen LogP) is 2.14. The molecule has 0 saturated heterocycles. The zero-order valence-electron chi connectivity index (χ0n) is 8.46. The molecule has 0 aromatic heterocycles. The normalized spacial score (nSPS) is 26.1. The van der Waals surface area contributed by atoms with Crippen molar-refractivity contribution in [2.75, 3.05) is 0 Å². The van der Waals surface area contributed by atoms with Gasteiger partial charge in [0.1, 0.15) is 5.78 Å². The molecule has 0 aliphatic heterocycles. The Morgan fingerprint density at radius 2 is 2.23 bits per heavy atom. The molecule has 2 nitrogen and oxygen atoms in total. The van der Waals surface area contributed by atoms with Crippen LogP contribution in [-0.4, -0.2) is 11.6 Å². The first-order valence-electron chi connectivity index (χ1n) is 4.65. The van der Waals surface area contributed by atoms with Gasteiger partial charge in [-0.3, -0.25) is 4.79 Å². The van der Waals surface area contributed by atoms with E-state index in [-0.39, 0.29) is 22.9 Å². The van der Waals surface area contributed by atoms with Gasteiger partial charge in [0.25, 0.3) is 0 Å². The molecule has 0 aromatic carbocycles. The van der Waals surface area contributed by atoms with E-state index in [1.807, 2.05) is 19.9 Å². The second-order valence-electron chi connectivity index (χ2n) is 4.33. The SMILES string of the molecule is CC(=O)C[C@H]1CC=CC(=O)C1(C)C. The van der Waals surface area contributed by atoms with Gasteiger partial charge in [0.15, 0.2) is 5.78 Å². The number of hydrogen-bond donors (Lipinski definition) is 0. The maximum atomic E-state index is 11.5. The summed E-state index contributed by atoms with van der Waals surface area (Å²) in [5.41, 5.74) is -0.361. The van der Waals surface area contributed by atoms with Gasteiger partial charge in [-0.2, -0.15) is 0 Å². The Bertz CT molecular complexity index is 261. The monoisotopic (exact) mass is 180 g/mol. The van der Waals surface area contributed by atoms with E-state index in [4.69, 9.17) is 0 Å². The first kappa shape index (κ1) is 10.2. The van der Waals surface area contributed by atoms with Crippen LogP contribution < -0.4 is 0 Å². The summed E-state index contributed by atoms with van der Waals surface area (Å²) in [7, 11) is 0. The molecule has 0 spiro atoms. The van der Waals surface area contributed by atoms with Crippen LogP contribution in [0.25, 0.3) is 0 Å². The van der Waals surface area contributed by atoms with Gasteiger partial charge in [0.05, 0.1) is 0 Å². The summed E-state index contributed by atoms with van der Waals surface area (Å²) in [4.78, 5) is 22.5. The van der Waals surface area contributed by atoms with Crippen molar-refractivity contribution in [1.82, 2.24) is 0 Å². The highest BCUT2D eigenvalue weighted by Crippen LogP contribution is 2.36. The third kappa shape index (κ3) is 2.06. The third-order valence-electron chi connectivity index (χ3n) is 2.88. The highest BCUT2D eigenvalue weighted by Gasteiger charge is 2.37. The molecule has 2 heteroatoms. The highest BCUT2D eigenvalue weighted by atomic mass is 16.1. The minimum Gasteiger partial charge on any atom is -0.300 e. The van der Waals surface area contributed by atoms with Gasteiger partial charge in [0.2, 0.25) is 0 Å². The average molecular weight is 180 g/mol. The van der Waals surface area contributed by atoms with Crippen LogP contribution >= 0.6 is 0 Å². The highest BCUT2D eigenvalue weighted by molar-refractivity contribution is 5.95. The smallest absolute Gasteiger partial charge is 0.161 e. The number of rotatable bonds is 2. The van der Waals surface area contributed by atoms with Crippen molar-refractivity contribution >= 4 is 11.6 Å². The van der Waals surface area contributed by atoms with Gasteiger partial charge in [-0.25, -0.2) is 0 Å². The van der Waals surface area contributed by atoms with Gasteiger partial charge >= 0.3 is 0 Å². The summed E-state index contributed by atoms with van der Waals surface area (Å²) in [6.07, 6.45) is 4.87. The van der Waals surface area contributed by atoms with Gasteiger partial charge in [-0.05, 0) is 25.3 Å². The summed E-state index contributed by atoms with van der Waals surface area (Å²) in [5, 5.41) is 0. The average Bonchev–Trinajstić information content (AvgIpc) is 1.99. The maximum absolute atomic E-state index is 11.5. The second-order valence-corrected chi connectivity index (χ2v) is 4.33. The standard InChI is InChI=1S/C11H16O2/c1-8(12)7-9-5-4-6-10(13)11(9,2)3/h4,6,9H,5,7H2,1-3H3/t9-/m1/s1. The van der Waals surface area contributed by atoms with Crippen LogP contribution in [0.15, 0.2) is 12.2 Å². The lowest BCUT2D eigenvalue weighted by molar-refractivity contribution is -0.127. The first-order chi connectivity index (χ1) is 5.94. The van der Waals surface area contributed by atoms with Crippen molar-refractivity contribution in [3.05, 3.63) is 12.2 Å². The molecule has 0 N–H and O–H groups in total. The van der Waals surface area contributed by atoms with Crippen LogP contribution in [0.1, 0.15) is 33.6 Å². The van der Waals surface area contributed by atoms with Crippen molar-refractivity contribution in [3.8, 4) is 0 Å². The Hall–Kier alpha value is -0.920. The number of Topliss-reactive ketones (excluding diaryl/α,β-unsaturated/α-hetero) is 1. The number of hydrogen-bond acceptors (Lipinski definition) is 2. The molecule has 72 valence electrons. The minimum absolute atomic E-state index is 0.144. The zero-order valence-corrected chi connectivity index (χ0v) is 8.46. The molecular weight excluding hydrogens is 164 g/mol. The van der Waals surface area contributed by atoms with E-state index in [1.54, 1.807) is 13.0 Å². The largest absolute Gasteiger partial charge is 0.300 e. The van der Waals surface area contributed by atoms with Crippen LogP contribution in [0, 0.1) is 11.3 Å². The van der Waals surface area contributed by atoms with E-state index in [0.29, 0.717) is 6.42 Å². The van der Waals surface area contributed by atoms with Crippen molar-refractivity contribution in [1.29, 1.82) is 0 Å². The Morgan fingerprint density at radius 3 is 2.77 bits per heavy atom. The summed E-state index contributed by atoms with van der Waals surface area (Å²) in [5.74, 6) is 0.494. The lowest BCUT2D eigenvalue weighted by Gasteiger charge is -2.33. The minimum atomic E-state index is -0.361. The molecule has 0 saturated carbocycles. The van der Waals surface area contributed by atoms with E-state index in [0.717, 1.165) is 6.42 Å². The summed E-state index contributed by atoms with van der Waals surface area (Å²) in [6, 6.07) is 0. The Labute approximate surface area is 79.0 Å². The molecule has 13 heavy (non-hydrogen) atoms.